The van der Waals surface area contributed by atoms with Crippen molar-refractivity contribution in [3.8, 4) is 0 Å². The molecule has 34 heavy (non-hydrogen) atoms. The number of carbonyl (C=O) groups is 1. The molecular weight excluding hydrogens is 424 g/mol. The second-order valence-corrected chi connectivity index (χ2v) is 10.3. The quantitative estimate of drug-likeness (QED) is 0.420. The van der Waals surface area contributed by atoms with E-state index in [0.717, 1.165) is 24.8 Å². The van der Waals surface area contributed by atoms with Gasteiger partial charge in [0.05, 0.1) is 5.57 Å². The molecule has 0 aromatic heterocycles. The molecule has 1 unspecified atom stereocenters. The maximum atomic E-state index is 13.6. The van der Waals surface area contributed by atoms with E-state index in [2.05, 4.69) is 51.1 Å². The van der Waals surface area contributed by atoms with Gasteiger partial charge in [-0.3, -0.25) is 0 Å². The van der Waals surface area contributed by atoms with E-state index in [9.17, 15) is 4.79 Å². The summed E-state index contributed by atoms with van der Waals surface area (Å²) in [5, 5.41) is 0. The first-order chi connectivity index (χ1) is 16.4. The lowest BCUT2D eigenvalue weighted by atomic mass is 9.64. The SMILES string of the molecule is CCOC1CCC(C(=O)O[C@@H]2C[C@H](C)CC[C@H]2C(C)(C)c2ccccc2)=C(c2ccccc2)O1. The molecule has 0 saturated heterocycles. The summed E-state index contributed by atoms with van der Waals surface area (Å²) in [4.78, 5) is 13.6. The van der Waals surface area contributed by atoms with E-state index < -0.39 is 0 Å². The van der Waals surface area contributed by atoms with Gasteiger partial charge in [-0.05, 0) is 43.1 Å². The Labute approximate surface area is 204 Å². The third-order valence-corrected chi connectivity index (χ3v) is 7.55. The summed E-state index contributed by atoms with van der Waals surface area (Å²) < 4.78 is 18.3. The minimum atomic E-state index is -0.337. The Morgan fingerprint density at radius 3 is 2.35 bits per heavy atom. The fraction of sp³-hybridized carbons (Fsp3) is 0.500. The molecule has 4 atom stereocenters. The molecule has 4 heteroatoms. The first-order valence-electron chi connectivity index (χ1n) is 12.7. The third-order valence-electron chi connectivity index (χ3n) is 7.55. The average Bonchev–Trinajstić information content (AvgIpc) is 2.85. The van der Waals surface area contributed by atoms with Crippen LogP contribution in [0.5, 0.6) is 0 Å². The number of carbonyl (C=O) groups excluding carboxylic acids is 1. The number of esters is 1. The zero-order valence-corrected chi connectivity index (χ0v) is 21.0. The molecular formula is C30H38O4. The van der Waals surface area contributed by atoms with Gasteiger partial charge in [0.1, 0.15) is 11.9 Å². The third kappa shape index (κ3) is 5.38. The molecule has 182 valence electrons. The van der Waals surface area contributed by atoms with E-state index in [0.29, 0.717) is 36.7 Å². The van der Waals surface area contributed by atoms with Gasteiger partial charge in [-0.2, -0.15) is 0 Å². The summed E-state index contributed by atoms with van der Waals surface area (Å²) in [6, 6.07) is 20.4. The van der Waals surface area contributed by atoms with Crippen molar-refractivity contribution in [1.29, 1.82) is 0 Å². The van der Waals surface area contributed by atoms with Crippen LogP contribution < -0.4 is 0 Å². The van der Waals surface area contributed by atoms with Crippen LogP contribution in [0.15, 0.2) is 66.2 Å². The van der Waals surface area contributed by atoms with Crippen LogP contribution in [0.3, 0.4) is 0 Å². The van der Waals surface area contributed by atoms with Crippen molar-refractivity contribution in [1.82, 2.24) is 0 Å². The average molecular weight is 463 g/mol. The molecule has 1 aliphatic heterocycles. The topological polar surface area (TPSA) is 44.8 Å². The molecule has 2 aliphatic rings. The highest BCUT2D eigenvalue weighted by Gasteiger charge is 2.42. The fourth-order valence-electron chi connectivity index (χ4n) is 5.54. The van der Waals surface area contributed by atoms with Gasteiger partial charge in [0, 0.05) is 24.5 Å². The number of ether oxygens (including phenoxy) is 3. The van der Waals surface area contributed by atoms with Crippen LogP contribution in [0.1, 0.15) is 70.9 Å². The van der Waals surface area contributed by atoms with Crippen LogP contribution in [0.2, 0.25) is 0 Å². The highest BCUT2D eigenvalue weighted by Crippen LogP contribution is 2.44. The van der Waals surface area contributed by atoms with Crippen LogP contribution >= 0.6 is 0 Å². The Morgan fingerprint density at radius 2 is 1.68 bits per heavy atom. The Balaban J connectivity index is 1.61. The predicted octanol–water partition coefficient (Wildman–Crippen LogP) is 6.90. The first kappa shape index (κ1) is 24.5. The van der Waals surface area contributed by atoms with Crippen molar-refractivity contribution < 1.29 is 19.0 Å². The van der Waals surface area contributed by atoms with Gasteiger partial charge in [-0.15, -0.1) is 0 Å². The van der Waals surface area contributed by atoms with E-state index >= 15 is 0 Å². The Morgan fingerprint density at radius 1 is 1.00 bits per heavy atom. The van der Waals surface area contributed by atoms with Gasteiger partial charge >= 0.3 is 5.97 Å². The molecule has 1 aliphatic carbocycles. The van der Waals surface area contributed by atoms with Gasteiger partial charge in [-0.1, -0.05) is 87.9 Å². The molecule has 0 radical (unpaired) electrons. The summed E-state index contributed by atoms with van der Waals surface area (Å²) >= 11 is 0. The van der Waals surface area contributed by atoms with Crippen LogP contribution in [-0.2, 0) is 24.4 Å². The molecule has 1 fully saturated rings. The molecule has 4 nitrogen and oxygen atoms in total. The summed E-state index contributed by atoms with van der Waals surface area (Å²) in [5.41, 5.74) is 2.71. The van der Waals surface area contributed by atoms with Gasteiger partial charge in [-0.25, -0.2) is 4.79 Å². The molecule has 1 heterocycles. The maximum Gasteiger partial charge on any atom is 0.338 e. The van der Waals surface area contributed by atoms with Crippen LogP contribution in [-0.4, -0.2) is 25.0 Å². The van der Waals surface area contributed by atoms with Crippen molar-refractivity contribution in [2.45, 2.75) is 77.6 Å². The van der Waals surface area contributed by atoms with Crippen molar-refractivity contribution >= 4 is 11.7 Å². The summed E-state index contributed by atoms with van der Waals surface area (Å²) in [5.74, 6) is 1.14. The van der Waals surface area contributed by atoms with Crippen LogP contribution in [0, 0.1) is 11.8 Å². The molecule has 2 aromatic rings. The smallest absolute Gasteiger partial charge is 0.338 e. The number of hydrogen-bond acceptors (Lipinski definition) is 4. The minimum absolute atomic E-state index is 0.0912. The van der Waals surface area contributed by atoms with Crippen molar-refractivity contribution in [2.24, 2.45) is 11.8 Å². The summed E-state index contributed by atoms with van der Waals surface area (Å²) in [7, 11) is 0. The number of hydrogen-bond donors (Lipinski definition) is 0. The zero-order valence-electron chi connectivity index (χ0n) is 21.0. The normalized spacial score (nSPS) is 25.5. The summed E-state index contributed by atoms with van der Waals surface area (Å²) in [6.07, 6.45) is 3.87. The van der Waals surface area contributed by atoms with Crippen LogP contribution in [0.25, 0.3) is 5.76 Å². The van der Waals surface area contributed by atoms with Gasteiger partial charge in [0.25, 0.3) is 0 Å². The van der Waals surface area contributed by atoms with Crippen molar-refractivity contribution in [3.63, 3.8) is 0 Å². The minimum Gasteiger partial charge on any atom is -0.464 e. The molecule has 0 amide bonds. The predicted molar refractivity (Wildman–Crippen MR) is 135 cm³/mol. The first-order valence-corrected chi connectivity index (χ1v) is 12.7. The molecule has 2 aromatic carbocycles. The largest absolute Gasteiger partial charge is 0.464 e. The van der Waals surface area contributed by atoms with Crippen LogP contribution in [0.4, 0.5) is 0 Å². The fourth-order valence-corrected chi connectivity index (χ4v) is 5.54. The maximum absolute atomic E-state index is 13.6. The highest BCUT2D eigenvalue weighted by atomic mass is 16.7. The lowest BCUT2D eigenvalue weighted by molar-refractivity contribution is -0.153. The lowest BCUT2D eigenvalue weighted by Crippen LogP contribution is -2.43. The second-order valence-electron chi connectivity index (χ2n) is 10.3. The highest BCUT2D eigenvalue weighted by molar-refractivity contribution is 5.96. The molecule has 1 saturated carbocycles. The van der Waals surface area contributed by atoms with E-state index in [-0.39, 0.29) is 29.7 Å². The van der Waals surface area contributed by atoms with Crippen molar-refractivity contribution in [2.75, 3.05) is 6.61 Å². The molecule has 0 spiro atoms. The van der Waals surface area contributed by atoms with E-state index in [1.54, 1.807) is 0 Å². The Kier molecular flexibility index (Phi) is 7.77. The van der Waals surface area contributed by atoms with Gasteiger partial charge in [0.15, 0.2) is 6.29 Å². The standard InChI is InChI=1S/C30H38O4/c1-5-32-27-19-17-24(28(34-27)22-12-8-6-9-13-22)29(31)33-26-20-21(2)16-18-25(26)30(3,4)23-14-10-7-11-15-23/h6-15,21,25-27H,5,16-20H2,1-4H3/t21-,25-,26-,27?/m1/s1. The zero-order chi connectivity index (χ0) is 24.1. The lowest BCUT2D eigenvalue weighted by Gasteiger charge is -2.44. The number of rotatable bonds is 7. The Bertz CT molecular complexity index is 979. The number of benzene rings is 2. The van der Waals surface area contributed by atoms with Gasteiger partial charge < -0.3 is 14.2 Å². The van der Waals surface area contributed by atoms with E-state index in [1.807, 2.05) is 37.3 Å². The van der Waals surface area contributed by atoms with Gasteiger partial charge in [0.2, 0.25) is 0 Å². The molecule has 0 bridgehead atoms. The monoisotopic (exact) mass is 462 g/mol. The molecule has 4 rings (SSSR count). The van der Waals surface area contributed by atoms with E-state index in [1.165, 1.54) is 5.56 Å². The Hall–Kier alpha value is -2.59. The second kappa shape index (κ2) is 10.8. The molecule has 0 N–H and O–H groups in total. The summed E-state index contributed by atoms with van der Waals surface area (Å²) in [6.45, 7) is 9.36. The van der Waals surface area contributed by atoms with E-state index in [4.69, 9.17) is 14.2 Å². The van der Waals surface area contributed by atoms with Crippen molar-refractivity contribution in [3.05, 3.63) is 77.4 Å².